The molecular weight excluding hydrogens is 466 g/mol. The lowest BCUT2D eigenvalue weighted by Gasteiger charge is -2.29. The summed E-state index contributed by atoms with van der Waals surface area (Å²) in [5.74, 6) is 0.846. The van der Waals surface area contributed by atoms with Gasteiger partial charge in [0.25, 0.3) is 0 Å². The number of halogens is 1. The second-order valence-electron chi connectivity index (χ2n) is 7.35. The Morgan fingerprint density at radius 1 is 1.22 bits per heavy atom. The normalized spacial score (nSPS) is 14.2. The maximum atomic E-state index is 13.4. The van der Waals surface area contributed by atoms with Crippen molar-refractivity contribution in [2.75, 3.05) is 57.7 Å². The SMILES string of the molecule is COc1ccc(CC(=O)N(CCN2CCOCC2)c2nc3ccc(SC)cc3s2)cc1.Cl. The van der Waals surface area contributed by atoms with Gasteiger partial charge in [-0.25, -0.2) is 4.98 Å². The first kappa shape index (κ1) is 24.8. The highest BCUT2D eigenvalue weighted by Crippen LogP contribution is 2.32. The fourth-order valence-electron chi connectivity index (χ4n) is 3.54. The molecule has 1 amide bonds. The number of hydrogen-bond acceptors (Lipinski definition) is 7. The standard InChI is InChI=1S/C23H27N3O3S2.ClH/c1-28-18-5-3-17(4-6-18)15-22(27)26(10-9-25-11-13-29-14-12-25)23-24-20-8-7-19(30-2)16-21(20)31-23;/h3-8,16H,9-15H2,1-2H3;1H. The molecule has 2 heterocycles. The molecule has 0 N–H and O–H groups in total. The van der Waals surface area contributed by atoms with Crippen molar-refractivity contribution in [3.8, 4) is 5.75 Å². The minimum atomic E-state index is 0. The van der Waals surface area contributed by atoms with Gasteiger partial charge >= 0.3 is 0 Å². The lowest BCUT2D eigenvalue weighted by atomic mass is 10.1. The summed E-state index contributed by atoms with van der Waals surface area (Å²) in [5, 5.41) is 0.764. The Morgan fingerprint density at radius 3 is 2.66 bits per heavy atom. The zero-order chi connectivity index (χ0) is 21.6. The summed E-state index contributed by atoms with van der Waals surface area (Å²) >= 11 is 3.29. The number of thiazole rings is 1. The molecular formula is C23H28ClN3O3S2. The Labute approximate surface area is 203 Å². The number of morpholine rings is 1. The summed E-state index contributed by atoms with van der Waals surface area (Å²) < 4.78 is 11.8. The number of nitrogens with zero attached hydrogens (tertiary/aromatic N) is 3. The number of anilines is 1. The zero-order valence-electron chi connectivity index (χ0n) is 18.3. The molecule has 32 heavy (non-hydrogen) atoms. The van der Waals surface area contributed by atoms with Crippen LogP contribution in [0.25, 0.3) is 10.2 Å². The molecule has 0 radical (unpaired) electrons. The quantitative estimate of drug-likeness (QED) is 0.435. The van der Waals surface area contributed by atoms with E-state index in [2.05, 4.69) is 23.3 Å². The maximum Gasteiger partial charge on any atom is 0.233 e. The second-order valence-corrected chi connectivity index (χ2v) is 9.24. The van der Waals surface area contributed by atoms with Crippen LogP contribution in [-0.4, -0.2) is 68.5 Å². The Balaban J connectivity index is 0.00000289. The number of rotatable bonds is 8. The molecule has 0 atom stereocenters. The number of amides is 1. The van der Waals surface area contributed by atoms with Crippen LogP contribution < -0.4 is 9.64 Å². The molecule has 3 aromatic rings. The molecule has 0 spiro atoms. The van der Waals surface area contributed by atoms with E-state index >= 15 is 0 Å². The third kappa shape index (κ3) is 6.14. The Morgan fingerprint density at radius 2 is 1.97 bits per heavy atom. The van der Waals surface area contributed by atoms with Gasteiger partial charge in [-0.3, -0.25) is 14.6 Å². The number of carbonyl (C=O) groups is 1. The predicted molar refractivity (Wildman–Crippen MR) is 135 cm³/mol. The fourth-order valence-corrected chi connectivity index (χ4v) is 5.10. The Bertz CT molecular complexity index is 1020. The second kappa shape index (κ2) is 11.9. The van der Waals surface area contributed by atoms with Crippen LogP contribution in [0, 0.1) is 0 Å². The number of ether oxygens (including phenoxy) is 2. The molecule has 1 aliphatic rings. The van der Waals surface area contributed by atoms with Crippen molar-refractivity contribution in [1.82, 2.24) is 9.88 Å². The first-order valence-corrected chi connectivity index (χ1v) is 12.4. The number of benzene rings is 2. The first-order chi connectivity index (χ1) is 15.2. The molecule has 2 aromatic carbocycles. The van der Waals surface area contributed by atoms with Crippen molar-refractivity contribution in [3.63, 3.8) is 0 Å². The van der Waals surface area contributed by atoms with Crippen molar-refractivity contribution < 1.29 is 14.3 Å². The van der Waals surface area contributed by atoms with Crippen LogP contribution >= 0.6 is 35.5 Å². The van der Waals surface area contributed by atoms with Crippen molar-refractivity contribution >= 4 is 56.8 Å². The molecule has 4 rings (SSSR count). The first-order valence-electron chi connectivity index (χ1n) is 10.3. The average molecular weight is 494 g/mol. The molecule has 172 valence electrons. The molecule has 6 nitrogen and oxygen atoms in total. The summed E-state index contributed by atoms with van der Waals surface area (Å²) in [6.45, 7) is 4.72. The molecule has 0 aliphatic carbocycles. The summed E-state index contributed by atoms with van der Waals surface area (Å²) in [4.78, 5) is 23.5. The zero-order valence-corrected chi connectivity index (χ0v) is 20.7. The largest absolute Gasteiger partial charge is 0.497 e. The molecule has 1 fully saturated rings. The molecule has 1 aromatic heterocycles. The topological polar surface area (TPSA) is 54.9 Å². The average Bonchev–Trinajstić information content (AvgIpc) is 3.23. The number of aromatic nitrogens is 1. The third-order valence-electron chi connectivity index (χ3n) is 5.37. The maximum absolute atomic E-state index is 13.4. The van der Waals surface area contributed by atoms with Gasteiger partial charge in [0.1, 0.15) is 5.75 Å². The monoisotopic (exact) mass is 493 g/mol. The van der Waals surface area contributed by atoms with Gasteiger partial charge in [-0.1, -0.05) is 23.5 Å². The summed E-state index contributed by atoms with van der Waals surface area (Å²) in [5.41, 5.74) is 1.90. The van der Waals surface area contributed by atoms with E-state index in [-0.39, 0.29) is 18.3 Å². The van der Waals surface area contributed by atoms with Gasteiger partial charge in [-0.05, 0) is 42.2 Å². The third-order valence-corrected chi connectivity index (χ3v) is 7.14. The van der Waals surface area contributed by atoms with Gasteiger partial charge < -0.3 is 9.47 Å². The summed E-state index contributed by atoms with van der Waals surface area (Å²) in [6, 6.07) is 13.9. The minimum Gasteiger partial charge on any atom is -0.497 e. The van der Waals surface area contributed by atoms with Crippen molar-refractivity contribution in [2.24, 2.45) is 0 Å². The summed E-state index contributed by atoms with van der Waals surface area (Å²) in [6.07, 6.45) is 2.40. The van der Waals surface area contributed by atoms with Crippen LogP contribution in [0.4, 0.5) is 5.13 Å². The molecule has 0 bridgehead atoms. The van der Waals surface area contributed by atoms with Crippen LogP contribution in [0.5, 0.6) is 5.75 Å². The fraction of sp³-hybridized carbons (Fsp3) is 0.391. The van der Waals surface area contributed by atoms with Crippen molar-refractivity contribution in [1.29, 1.82) is 0 Å². The van der Waals surface area contributed by atoms with E-state index in [9.17, 15) is 4.79 Å². The van der Waals surface area contributed by atoms with Gasteiger partial charge in [-0.2, -0.15) is 0 Å². The minimum absolute atomic E-state index is 0. The van der Waals surface area contributed by atoms with Crippen LogP contribution in [-0.2, 0) is 16.0 Å². The van der Waals surface area contributed by atoms with Gasteiger partial charge in [0, 0.05) is 31.1 Å². The molecule has 9 heteroatoms. The van der Waals surface area contributed by atoms with Crippen LogP contribution in [0.15, 0.2) is 47.4 Å². The van der Waals surface area contributed by atoms with Crippen LogP contribution in [0.2, 0.25) is 0 Å². The van der Waals surface area contributed by atoms with Crippen LogP contribution in [0.1, 0.15) is 5.56 Å². The van der Waals surface area contributed by atoms with E-state index in [1.165, 1.54) is 4.90 Å². The number of thioether (sulfide) groups is 1. The highest BCUT2D eigenvalue weighted by Gasteiger charge is 2.22. The highest BCUT2D eigenvalue weighted by molar-refractivity contribution is 7.98. The smallest absolute Gasteiger partial charge is 0.233 e. The van der Waals surface area contributed by atoms with E-state index in [1.54, 1.807) is 30.2 Å². The van der Waals surface area contributed by atoms with E-state index in [1.807, 2.05) is 35.2 Å². The molecule has 1 aliphatic heterocycles. The lowest BCUT2D eigenvalue weighted by Crippen LogP contribution is -2.43. The highest BCUT2D eigenvalue weighted by atomic mass is 35.5. The van der Waals surface area contributed by atoms with Gasteiger partial charge in [0.2, 0.25) is 5.91 Å². The van der Waals surface area contributed by atoms with Gasteiger partial charge in [0.05, 0.1) is 37.0 Å². The summed E-state index contributed by atoms with van der Waals surface area (Å²) in [7, 11) is 1.64. The van der Waals surface area contributed by atoms with Crippen molar-refractivity contribution in [2.45, 2.75) is 11.3 Å². The van der Waals surface area contributed by atoms with Crippen molar-refractivity contribution in [3.05, 3.63) is 48.0 Å². The number of methoxy groups -OCH3 is 1. The van der Waals surface area contributed by atoms with E-state index < -0.39 is 0 Å². The van der Waals surface area contributed by atoms with Crippen LogP contribution in [0.3, 0.4) is 0 Å². The molecule has 1 saturated heterocycles. The van der Waals surface area contributed by atoms with Gasteiger partial charge in [0.15, 0.2) is 5.13 Å². The number of carbonyl (C=O) groups excluding carboxylic acids is 1. The van der Waals surface area contributed by atoms with E-state index in [4.69, 9.17) is 14.5 Å². The Kier molecular flexibility index (Phi) is 9.19. The van der Waals surface area contributed by atoms with Gasteiger partial charge in [-0.15, -0.1) is 24.2 Å². The predicted octanol–water partition coefficient (Wildman–Crippen LogP) is 4.36. The Hall–Kier alpha value is -1.84. The molecule has 0 saturated carbocycles. The van der Waals surface area contributed by atoms with E-state index in [0.29, 0.717) is 13.0 Å². The van der Waals surface area contributed by atoms with E-state index in [0.717, 1.165) is 59.5 Å². The lowest BCUT2D eigenvalue weighted by molar-refractivity contribution is -0.118. The number of fused-ring (bicyclic) bond motifs is 1. The number of hydrogen-bond donors (Lipinski definition) is 0. The molecule has 0 unspecified atom stereocenters.